The van der Waals surface area contributed by atoms with E-state index in [1.807, 2.05) is 22.9 Å². The van der Waals surface area contributed by atoms with Gasteiger partial charge in [0, 0.05) is 37.4 Å². The molecule has 1 aliphatic rings. The van der Waals surface area contributed by atoms with E-state index in [1.54, 1.807) is 18.3 Å². The number of imidazole rings is 1. The summed E-state index contributed by atoms with van der Waals surface area (Å²) >= 11 is 0. The van der Waals surface area contributed by atoms with Gasteiger partial charge in [-0.3, -0.25) is 4.57 Å². The predicted octanol–water partition coefficient (Wildman–Crippen LogP) is 2.27. The molecule has 1 saturated heterocycles. The van der Waals surface area contributed by atoms with Crippen molar-refractivity contribution in [2.75, 3.05) is 24.2 Å². The molecule has 6 heteroatoms. The molecule has 5 nitrogen and oxygen atoms in total. The molecule has 2 heterocycles. The van der Waals surface area contributed by atoms with Crippen molar-refractivity contribution in [1.82, 2.24) is 9.55 Å². The Kier molecular flexibility index (Phi) is 3.71. The highest BCUT2D eigenvalue weighted by atomic mass is 32.2. The monoisotopic (exact) mass is 305 g/mol. The van der Waals surface area contributed by atoms with Gasteiger partial charge in [0.15, 0.2) is 9.84 Å². The summed E-state index contributed by atoms with van der Waals surface area (Å²) in [5.74, 6) is 0.932. The van der Waals surface area contributed by atoms with Crippen LogP contribution in [0.5, 0.6) is 0 Å². The van der Waals surface area contributed by atoms with Crippen LogP contribution in [0, 0.1) is 0 Å². The fourth-order valence-corrected chi connectivity index (χ4v) is 3.31. The molecule has 112 valence electrons. The number of hydrogen-bond acceptors (Lipinski definition) is 4. The van der Waals surface area contributed by atoms with Crippen molar-refractivity contribution in [2.24, 2.45) is 0 Å². The van der Waals surface area contributed by atoms with E-state index in [0.717, 1.165) is 24.7 Å². The molecule has 1 fully saturated rings. The quantitative estimate of drug-likeness (QED) is 0.873. The van der Waals surface area contributed by atoms with Crippen LogP contribution in [0.15, 0.2) is 41.6 Å². The minimum absolute atomic E-state index is 0.339. The van der Waals surface area contributed by atoms with E-state index in [1.165, 1.54) is 25.5 Å². The van der Waals surface area contributed by atoms with Gasteiger partial charge in [0.2, 0.25) is 5.95 Å². The molecule has 0 amide bonds. The van der Waals surface area contributed by atoms with Gasteiger partial charge < -0.3 is 4.90 Å². The van der Waals surface area contributed by atoms with Crippen molar-refractivity contribution in [3.05, 3.63) is 36.7 Å². The molecule has 1 aromatic carbocycles. The molecule has 0 atom stereocenters. The van der Waals surface area contributed by atoms with Crippen molar-refractivity contribution in [3.63, 3.8) is 0 Å². The first-order valence-corrected chi connectivity index (χ1v) is 9.04. The van der Waals surface area contributed by atoms with Crippen LogP contribution in [0.25, 0.3) is 5.69 Å². The number of anilines is 1. The number of piperidine rings is 1. The first-order valence-electron chi connectivity index (χ1n) is 7.14. The van der Waals surface area contributed by atoms with Gasteiger partial charge in [-0.2, -0.15) is 0 Å². The molecular weight excluding hydrogens is 286 g/mol. The zero-order valence-corrected chi connectivity index (χ0v) is 12.9. The summed E-state index contributed by atoms with van der Waals surface area (Å²) in [6.45, 7) is 2.05. The number of nitrogens with zero attached hydrogens (tertiary/aromatic N) is 3. The molecule has 0 bridgehead atoms. The van der Waals surface area contributed by atoms with Crippen LogP contribution in [0.1, 0.15) is 19.3 Å². The Hall–Kier alpha value is -1.82. The van der Waals surface area contributed by atoms with Crippen LogP contribution in [0.4, 0.5) is 5.95 Å². The summed E-state index contributed by atoms with van der Waals surface area (Å²) in [7, 11) is -3.15. The molecule has 0 unspecified atom stereocenters. The van der Waals surface area contributed by atoms with Gasteiger partial charge in [-0.05, 0) is 43.5 Å². The third-order valence-electron chi connectivity index (χ3n) is 3.80. The maximum atomic E-state index is 11.5. The highest BCUT2D eigenvalue weighted by molar-refractivity contribution is 7.90. The number of aromatic nitrogens is 2. The molecule has 1 aromatic heterocycles. The van der Waals surface area contributed by atoms with E-state index >= 15 is 0 Å². The van der Waals surface area contributed by atoms with Gasteiger partial charge in [-0.25, -0.2) is 13.4 Å². The van der Waals surface area contributed by atoms with Gasteiger partial charge in [0.25, 0.3) is 0 Å². The average Bonchev–Trinajstić information content (AvgIpc) is 2.97. The summed E-state index contributed by atoms with van der Waals surface area (Å²) < 4.78 is 25.0. The Morgan fingerprint density at radius 3 is 2.33 bits per heavy atom. The topological polar surface area (TPSA) is 55.2 Å². The normalized spacial score (nSPS) is 16.1. The van der Waals surface area contributed by atoms with Crippen molar-refractivity contribution in [1.29, 1.82) is 0 Å². The number of sulfone groups is 1. The summed E-state index contributed by atoms with van der Waals surface area (Å²) in [4.78, 5) is 7.08. The fraction of sp³-hybridized carbons (Fsp3) is 0.400. The van der Waals surface area contributed by atoms with Crippen molar-refractivity contribution >= 4 is 15.8 Å². The largest absolute Gasteiger partial charge is 0.342 e. The van der Waals surface area contributed by atoms with Gasteiger partial charge in [0.05, 0.1) is 4.90 Å². The lowest BCUT2D eigenvalue weighted by Crippen LogP contribution is -2.31. The maximum Gasteiger partial charge on any atom is 0.210 e. The third-order valence-corrected chi connectivity index (χ3v) is 4.93. The molecule has 0 N–H and O–H groups in total. The summed E-state index contributed by atoms with van der Waals surface area (Å²) in [6.07, 6.45) is 8.59. The van der Waals surface area contributed by atoms with E-state index < -0.39 is 9.84 Å². The molecule has 3 rings (SSSR count). The Bertz CT molecular complexity index is 714. The molecule has 0 radical (unpaired) electrons. The molecule has 0 spiro atoms. The third kappa shape index (κ3) is 2.95. The van der Waals surface area contributed by atoms with Gasteiger partial charge in [-0.15, -0.1) is 0 Å². The van der Waals surface area contributed by atoms with Crippen LogP contribution in [-0.4, -0.2) is 37.3 Å². The van der Waals surface area contributed by atoms with Gasteiger partial charge in [0.1, 0.15) is 0 Å². The summed E-state index contributed by atoms with van der Waals surface area (Å²) in [6, 6.07) is 6.94. The zero-order chi connectivity index (χ0) is 14.9. The highest BCUT2D eigenvalue weighted by Crippen LogP contribution is 2.22. The van der Waals surface area contributed by atoms with E-state index in [-0.39, 0.29) is 0 Å². The second-order valence-corrected chi connectivity index (χ2v) is 7.43. The lowest BCUT2D eigenvalue weighted by Gasteiger charge is -2.28. The van der Waals surface area contributed by atoms with Crippen molar-refractivity contribution in [3.8, 4) is 5.69 Å². The van der Waals surface area contributed by atoms with Crippen LogP contribution in [0.3, 0.4) is 0 Å². The second kappa shape index (κ2) is 5.52. The van der Waals surface area contributed by atoms with Gasteiger partial charge in [-0.1, -0.05) is 0 Å². The molecular formula is C15H19N3O2S. The standard InChI is InChI=1S/C15H19N3O2S/c1-21(19,20)14-7-5-13(6-8-14)18-12-9-16-15(18)17-10-3-2-4-11-17/h5-9,12H,2-4,10-11H2,1H3. The van der Waals surface area contributed by atoms with Crippen LogP contribution >= 0.6 is 0 Å². The smallest absolute Gasteiger partial charge is 0.210 e. The number of rotatable bonds is 3. The minimum Gasteiger partial charge on any atom is -0.342 e. The molecule has 2 aromatic rings. The number of hydrogen-bond donors (Lipinski definition) is 0. The molecule has 0 saturated carbocycles. The predicted molar refractivity (Wildman–Crippen MR) is 82.7 cm³/mol. The Balaban J connectivity index is 1.92. The molecule has 0 aliphatic carbocycles. The van der Waals surface area contributed by atoms with Crippen LogP contribution < -0.4 is 4.90 Å². The highest BCUT2D eigenvalue weighted by Gasteiger charge is 2.16. The Morgan fingerprint density at radius 1 is 1.05 bits per heavy atom. The van der Waals surface area contributed by atoms with Gasteiger partial charge >= 0.3 is 0 Å². The van der Waals surface area contributed by atoms with E-state index in [9.17, 15) is 8.42 Å². The fourth-order valence-electron chi connectivity index (χ4n) is 2.68. The number of benzene rings is 1. The minimum atomic E-state index is -3.15. The average molecular weight is 305 g/mol. The second-order valence-electron chi connectivity index (χ2n) is 5.41. The Labute approximate surface area is 125 Å². The van der Waals surface area contributed by atoms with Crippen LogP contribution in [0.2, 0.25) is 0 Å². The first-order chi connectivity index (χ1) is 10.1. The first kappa shape index (κ1) is 14.1. The summed E-state index contributed by atoms with van der Waals surface area (Å²) in [5.41, 5.74) is 0.931. The summed E-state index contributed by atoms with van der Waals surface area (Å²) in [5, 5.41) is 0. The van der Waals surface area contributed by atoms with E-state index in [4.69, 9.17) is 0 Å². The van der Waals surface area contributed by atoms with Crippen molar-refractivity contribution < 1.29 is 8.42 Å². The SMILES string of the molecule is CS(=O)(=O)c1ccc(-n2ccnc2N2CCCCC2)cc1. The van der Waals surface area contributed by atoms with Crippen LogP contribution in [-0.2, 0) is 9.84 Å². The van der Waals surface area contributed by atoms with E-state index in [2.05, 4.69) is 9.88 Å². The van der Waals surface area contributed by atoms with E-state index in [0.29, 0.717) is 4.90 Å². The van der Waals surface area contributed by atoms with Crippen molar-refractivity contribution in [2.45, 2.75) is 24.2 Å². The maximum absolute atomic E-state index is 11.5. The molecule has 21 heavy (non-hydrogen) atoms. The lowest BCUT2D eigenvalue weighted by molar-refractivity contribution is 0.566. The lowest BCUT2D eigenvalue weighted by atomic mass is 10.1. The zero-order valence-electron chi connectivity index (χ0n) is 12.1. The molecule has 1 aliphatic heterocycles. The Morgan fingerprint density at radius 2 is 1.71 bits per heavy atom.